The lowest BCUT2D eigenvalue weighted by Gasteiger charge is -1.83. The third kappa shape index (κ3) is 1.17. The second-order valence-electron chi connectivity index (χ2n) is 1.24. The average molecular weight is 131 g/mol. The van der Waals surface area contributed by atoms with Crippen LogP contribution in [0.5, 0.6) is 0 Å². The van der Waals surface area contributed by atoms with E-state index in [4.69, 9.17) is 11.6 Å². The van der Waals surface area contributed by atoms with Crippen LogP contribution in [0.4, 0.5) is 4.39 Å². The van der Waals surface area contributed by atoms with Gasteiger partial charge in [-0.1, -0.05) is 11.6 Å². The van der Waals surface area contributed by atoms with E-state index in [0.29, 0.717) is 0 Å². The molecular weight excluding hydrogens is 129 g/mol. The van der Waals surface area contributed by atoms with E-state index in [1.54, 1.807) is 0 Å². The van der Waals surface area contributed by atoms with Crippen molar-refractivity contribution in [2.24, 2.45) is 0 Å². The van der Waals surface area contributed by atoms with Gasteiger partial charge in [0.05, 0.1) is 6.20 Å². The summed E-state index contributed by atoms with van der Waals surface area (Å²) in [6, 6.07) is 2.24. The molecule has 1 heterocycles. The highest BCUT2D eigenvalue weighted by atomic mass is 35.5. The van der Waals surface area contributed by atoms with Crippen LogP contribution in [0, 0.1) is 12.0 Å². The number of hydrogen-bond acceptors (Lipinski definition) is 1. The molecular formula is C5H2ClFN. The monoisotopic (exact) mass is 130 g/mol. The molecule has 0 spiro atoms. The Kier molecular flexibility index (Phi) is 1.44. The number of pyridine rings is 1. The number of nitrogens with zero attached hydrogens (tertiary/aromatic N) is 1. The molecule has 1 aromatic rings. The Morgan fingerprint density at radius 1 is 1.75 bits per heavy atom. The minimum absolute atomic E-state index is 0.130. The molecule has 0 fully saturated rings. The van der Waals surface area contributed by atoms with Crippen molar-refractivity contribution in [3.63, 3.8) is 0 Å². The second-order valence-corrected chi connectivity index (χ2v) is 1.62. The maximum Gasteiger partial charge on any atom is 0.132 e. The molecule has 0 saturated carbocycles. The van der Waals surface area contributed by atoms with Crippen LogP contribution >= 0.6 is 11.6 Å². The van der Waals surface area contributed by atoms with Crippen LogP contribution < -0.4 is 0 Å². The van der Waals surface area contributed by atoms with Gasteiger partial charge >= 0.3 is 0 Å². The van der Waals surface area contributed by atoms with Gasteiger partial charge in [0.2, 0.25) is 0 Å². The fraction of sp³-hybridized carbons (Fsp3) is 0. The SMILES string of the molecule is Fc1c[c]nc(Cl)c1. The van der Waals surface area contributed by atoms with Crippen LogP contribution in [-0.2, 0) is 0 Å². The summed E-state index contributed by atoms with van der Waals surface area (Å²) < 4.78 is 12.0. The highest BCUT2D eigenvalue weighted by Gasteiger charge is 1.88. The number of hydrogen-bond donors (Lipinski definition) is 0. The Morgan fingerprint density at radius 3 is 2.88 bits per heavy atom. The lowest BCUT2D eigenvalue weighted by Crippen LogP contribution is -1.75. The number of aromatic nitrogens is 1. The molecule has 0 amide bonds. The van der Waals surface area contributed by atoms with E-state index >= 15 is 0 Å². The Morgan fingerprint density at radius 2 is 2.50 bits per heavy atom. The lowest BCUT2D eigenvalue weighted by atomic mass is 10.5. The van der Waals surface area contributed by atoms with Gasteiger partial charge in [0, 0.05) is 12.1 Å². The first-order chi connectivity index (χ1) is 3.79. The summed E-state index contributed by atoms with van der Waals surface area (Å²) in [7, 11) is 0. The summed E-state index contributed by atoms with van der Waals surface area (Å²) >= 11 is 5.26. The molecule has 0 atom stereocenters. The fourth-order valence-electron chi connectivity index (χ4n) is 0.343. The molecule has 0 aromatic carbocycles. The van der Waals surface area contributed by atoms with Gasteiger partial charge in [0.15, 0.2) is 0 Å². The lowest BCUT2D eigenvalue weighted by molar-refractivity contribution is 0.625. The first kappa shape index (κ1) is 5.51. The summed E-state index contributed by atoms with van der Waals surface area (Å²) in [6.07, 6.45) is 2.27. The van der Waals surface area contributed by atoms with Crippen molar-refractivity contribution in [2.45, 2.75) is 0 Å². The van der Waals surface area contributed by atoms with Crippen molar-refractivity contribution < 1.29 is 4.39 Å². The van der Waals surface area contributed by atoms with E-state index in [1.807, 2.05) is 0 Å². The predicted octanol–water partition coefficient (Wildman–Crippen LogP) is 1.67. The number of rotatable bonds is 0. The first-order valence-corrected chi connectivity index (χ1v) is 2.36. The zero-order chi connectivity index (χ0) is 5.98. The van der Waals surface area contributed by atoms with Crippen LogP contribution in [0.3, 0.4) is 0 Å². The molecule has 0 unspecified atom stereocenters. The summed E-state index contributed by atoms with van der Waals surface area (Å²) in [5.41, 5.74) is 0. The third-order valence-corrected chi connectivity index (χ3v) is 0.824. The highest BCUT2D eigenvalue weighted by molar-refractivity contribution is 6.29. The molecule has 1 aromatic heterocycles. The van der Waals surface area contributed by atoms with Gasteiger partial charge in [0.1, 0.15) is 11.0 Å². The summed E-state index contributed by atoms with van der Waals surface area (Å²) in [6.45, 7) is 0. The van der Waals surface area contributed by atoms with Crippen molar-refractivity contribution in [2.75, 3.05) is 0 Å². The zero-order valence-corrected chi connectivity index (χ0v) is 4.61. The molecule has 1 nitrogen and oxygen atoms in total. The molecule has 1 rings (SSSR count). The standard InChI is InChI=1S/C5H2ClFN/c6-5-3-4(7)1-2-8-5/h1,3H. The molecule has 41 valence electrons. The van der Waals surface area contributed by atoms with Gasteiger partial charge in [-0.3, -0.25) is 0 Å². The molecule has 3 heteroatoms. The maximum absolute atomic E-state index is 12.0. The molecule has 8 heavy (non-hydrogen) atoms. The van der Waals surface area contributed by atoms with E-state index in [0.717, 1.165) is 12.1 Å². The van der Waals surface area contributed by atoms with Gasteiger partial charge in [-0.05, 0) is 0 Å². The number of halogens is 2. The molecule has 0 aliphatic heterocycles. The van der Waals surface area contributed by atoms with Crippen LogP contribution in [0.1, 0.15) is 0 Å². The smallest absolute Gasteiger partial charge is 0.132 e. The van der Waals surface area contributed by atoms with Gasteiger partial charge in [-0.2, -0.15) is 0 Å². The zero-order valence-electron chi connectivity index (χ0n) is 3.86. The van der Waals surface area contributed by atoms with Crippen molar-refractivity contribution >= 4 is 11.6 Å². The van der Waals surface area contributed by atoms with Crippen LogP contribution in [-0.4, -0.2) is 4.98 Å². The minimum Gasteiger partial charge on any atom is -0.234 e. The maximum atomic E-state index is 12.0. The van der Waals surface area contributed by atoms with E-state index in [-0.39, 0.29) is 5.15 Å². The first-order valence-electron chi connectivity index (χ1n) is 1.98. The van der Waals surface area contributed by atoms with Crippen molar-refractivity contribution in [1.82, 2.24) is 4.98 Å². The highest BCUT2D eigenvalue weighted by Crippen LogP contribution is 2.03. The van der Waals surface area contributed by atoms with Gasteiger partial charge in [-0.25, -0.2) is 9.37 Å². The molecule has 1 radical (unpaired) electrons. The molecule has 0 aliphatic rings. The van der Waals surface area contributed by atoms with Gasteiger partial charge in [0.25, 0.3) is 0 Å². The Balaban J connectivity index is 3.08. The van der Waals surface area contributed by atoms with E-state index in [1.165, 1.54) is 0 Å². The molecule has 0 bridgehead atoms. The van der Waals surface area contributed by atoms with Crippen molar-refractivity contribution in [1.29, 1.82) is 0 Å². The van der Waals surface area contributed by atoms with E-state index in [9.17, 15) is 4.39 Å². The summed E-state index contributed by atoms with van der Waals surface area (Å²) in [5.74, 6) is -0.412. The van der Waals surface area contributed by atoms with Crippen LogP contribution in [0.2, 0.25) is 5.15 Å². The fourth-order valence-corrected chi connectivity index (χ4v) is 0.496. The van der Waals surface area contributed by atoms with Crippen LogP contribution in [0.25, 0.3) is 0 Å². The largest absolute Gasteiger partial charge is 0.234 e. The van der Waals surface area contributed by atoms with Crippen molar-refractivity contribution in [3.05, 3.63) is 29.3 Å². The Labute approximate surface area is 51.1 Å². The van der Waals surface area contributed by atoms with Crippen LogP contribution in [0.15, 0.2) is 12.1 Å². The Bertz CT molecular complexity index is 172. The molecule has 0 saturated heterocycles. The van der Waals surface area contributed by atoms with Gasteiger partial charge < -0.3 is 0 Å². The van der Waals surface area contributed by atoms with E-state index < -0.39 is 5.82 Å². The second kappa shape index (κ2) is 2.09. The van der Waals surface area contributed by atoms with Crippen molar-refractivity contribution in [3.8, 4) is 0 Å². The predicted molar refractivity (Wildman–Crippen MR) is 28.0 cm³/mol. The van der Waals surface area contributed by atoms with Gasteiger partial charge in [-0.15, -0.1) is 0 Å². The normalized spacial score (nSPS) is 9.25. The Hall–Kier alpha value is -0.630. The summed E-state index contributed by atoms with van der Waals surface area (Å²) in [4.78, 5) is 3.44. The molecule has 0 aliphatic carbocycles. The van der Waals surface area contributed by atoms with E-state index in [2.05, 4.69) is 11.2 Å². The summed E-state index contributed by atoms with van der Waals surface area (Å²) in [5, 5.41) is 0.130. The third-order valence-electron chi connectivity index (χ3n) is 0.631. The quantitative estimate of drug-likeness (QED) is 0.487. The molecule has 0 N–H and O–H groups in total. The average Bonchev–Trinajstić information content (AvgIpc) is 1.64. The topological polar surface area (TPSA) is 12.9 Å². The minimum atomic E-state index is -0.412.